The molecule has 2 aliphatic rings. The van der Waals surface area contributed by atoms with Crippen LogP contribution in [0.15, 0.2) is 0 Å². The maximum absolute atomic E-state index is 12.5. The molecule has 23 heavy (non-hydrogen) atoms. The maximum Gasteiger partial charge on any atom is 0.310 e. The van der Waals surface area contributed by atoms with Gasteiger partial charge >= 0.3 is 11.9 Å². The Hall–Kier alpha value is -1.06. The first-order valence-corrected chi connectivity index (χ1v) is 9.30. The predicted molar refractivity (Wildman–Crippen MR) is 88.9 cm³/mol. The summed E-state index contributed by atoms with van der Waals surface area (Å²) in [6, 6.07) is 0. The molecular weight excluding hydrogens is 292 g/mol. The lowest BCUT2D eigenvalue weighted by molar-refractivity contribution is -0.160. The highest BCUT2D eigenvalue weighted by atomic mass is 16.5. The number of carboxylic acid groups (broad SMARTS) is 1. The SMILES string of the molecule is CCCCCCCCOC(=O)C1C(C(=O)O)C2CCC1C2(C)C. The van der Waals surface area contributed by atoms with Gasteiger partial charge in [-0.3, -0.25) is 9.59 Å². The smallest absolute Gasteiger partial charge is 0.310 e. The standard InChI is InChI=1S/C19H32O4/c1-4-5-6-7-8-9-12-23-18(22)16-14-11-10-13(19(14,2)3)15(16)17(20)21/h13-16H,4-12H2,1-3H3,(H,20,21). The number of hydrogen-bond acceptors (Lipinski definition) is 3. The van der Waals surface area contributed by atoms with Crippen molar-refractivity contribution in [1.29, 1.82) is 0 Å². The Kier molecular flexibility index (Phi) is 6.10. The van der Waals surface area contributed by atoms with Crippen molar-refractivity contribution in [3.8, 4) is 0 Å². The van der Waals surface area contributed by atoms with E-state index in [1.165, 1.54) is 25.7 Å². The van der Waals surface area contributed by atoms with Crippen LogP contribution in [0.2, 0.25) is 0 Å². The zero-order valence-corrected chi connectivity index (χ0v) is 14.8. The molecule has 2 rings (SSSR count). The van der Waals surface area contributed by atoms with E-state index in [0.717, 1.165) is 25.7 Å². The van der Waals surface area contributed by atoms with Crippen LogP contribution >= 0.6 is 0 Å². The van der Waals surface area contributed by atoms with Gasteiger partial charge in [0.15, 0.2) is 0 Å². The van der Waals surface area contributed by atoms with Crippen molar-refractivity contribution in [1.82, 2.24) is 0 Å². The highest BCUT2D eigenvalue weighted by Crippen LogP contribution is 2.63. The molecule has 4 heteroatoms. The van der Waals surface area contributed by atoms with Gasteiger partial charge in [-0.05, 0) is 36.5 Å². The molecule has 0 aromatic heterocycles. The van der Waals surface area contributed by atoms with Crippen molar-refractivity contribution in [2.45, 2.75) is 72.1 Å². The second kappa shape index (κ2) is 7.67. The Bertz CT molecular complexity index is 429. The lowest BCUT2D eigenvalue weighted by Gasteiger charge is -2.26. The molecule has 0 spiro atoms. The zero-order chi connectivity index (χ0) is 17.0. The average Bonchev–Trinajstić information content (AvgIpc) is 2.92. The molecule has 4 unspecified atom stereocenters. The minimum atomic E-state index is -0.827. The summed E-state index contributed by atoms with van der Waals surface area (Å²) in [5, 5.41) is 9.57. The van der Waals surface area contributed by atoms with Gasteiger partial charge in [0.1, 0.15) is 0 Å². The summed E-state index contributed by atoms with van der Waals surface area (Å²) in [6.07, 6.45) is 8.77. The third-order valence-electron chi connectivity index (χ3n) is 6.25. The first kappa shape index (κ1) is 18.3. The van der Waals surface area contributed by atoms with Gasteiger partial charge in [0.05, 0.1) is 18.4 Å². The lowest BCUT2D eigenvalue weighted by Crippen LogP contribution is -2.35. The normalized spacial score (nSPS) is 31.3. The van der Waals surface area contributed by atoms with E-state index in [-0.39, 0.29) is 23.2 Å². The molecule has 0 radical (unpaired) electrons. The highest BCUT2D eigenvalue weighted by molar-refractivity contribution is 5.83. The van der Waals surface area contributed by atoms with E-state index in [4.69, 9.17) is 4.74 Å². The first-order valence-electron chi connectivity index (χ1n) is 9.30. The Morgan fingerprint density at radius 3 is 2.17 bits per heavy atom. The number of unbranched alkanes of at least 4 members (excludes halogenated alkanes) is 5. The quantitative estimate of drug-likeness (QED) is 0.508. The van der Waals surface area contributed by atoms with E-state index in [1.54, 1.807) is 0 Å². The number of ether oxygens (including phenoxy) is 1. The minimum absolute atomic E-state index is 0.0626. The van der Waals surface area contributed by atoms with Crippen LogP contribution < -0.4 is 0 Å². The Morgan fingerprint density at radius 2 is 1.57 bits per heavy atom. The summed E-state index contributed by atoms with van der Waals surface area (Å²) in [5.74, 6) is -1.83. The molecule has 2 saturated carbocycles. The Balaban J connectivity index is 1.83. The van der Waals surface area contributed by atoms with Crippen molar-refractivity contribution in [2.75, 3.05) is 6.61 Å². The number of carbonyl (C=O) groups excluding carboxylic acids is 1. The number of aliphatic carboxylic acids is 1. The first-order chi connectivity index (χ1) is 10.9. The van der Waals surface area contributed by atoms with Crippen LogP contribution in [0.5, 0.6) is 0 Å². The van der Waals surface area contributed by atoms with Crippen LogP contribution in [0.1, 0.15) is 72.1 Å². The van der Waals surface area contributed by atoms with Gasteiger partial charge in [0, 0.05) is 0 Å². The number of hydrogen-bond donors (Lipinski definition) is 1. The van der Waals surface area contributed by atoms with E-state index >= 15 is 0 Å². The van der Waals surface area contributed by atoms with E-state index < -0.39 is 17.8 Å². The van der Waals surface area contributed by atoms with Gasteiger partial charge < -0.3 is 9.84 Å². The van der Waals surface area contributed by atoms with E-state index in [9.17, 15) is 14.7 Å². The van der Waals surface area contributed by atoms with Gasteiger partial charge in [0.25, 0.3) is 0 Å². The zero-order valence-electron chi connectivity index (χ0n) is 14.8. The predicted octanol–water partition coefficient (Wildman–Crippen LogP) is 4.27. The molecule has 0 aromatic rings. The molecule has 4 atom stereocenters. The molecule has 2 aliphatic carbocycles. The molecule has 0 amide bonds. The van der Waals surface area contributed by atoms with Crippen LogP contribution in [0.3, 0.4) is 0 Å². The lowest BCUT2D eigenvalue weighted by atomic mass is 9.79. The molecular formula is C19H32O4. The molecule has 4 nitrogen and oxygen atoms in total. The summed E-state index contributed by atoms with van der Waals surface area (Å²) < 4.78 is 5.46. The summed E-state index contributed by atoms with van der Waals surface area (Å²) >= 11 is 0. The minimum Gasteiger partial charge on any atom is -0.481 e. The number of carbonyl (C=O) groups is 2. The molecule has 0 aromatic carbocycles. The molecule has 2 bridgehead atoms. The monoisotopic (exact) mass is 324 g/mol. The number of fused-ring (bicyclic) bond motifs is 2. The average molecular weight is 324 g/mol. The van der Waals surface area contributed by atoms with Crippen molar-refractivity contribution in [3.05, 3.63) is 0 Å². The maximum atomic E-state index is 12.5. The second-order valence-corrected chi connectivity index (χ2v) is 7.94. The summed E-state index contributed by atoms with van der Waals surface area (Å²) in [7, 11) is 0. The largest absolute Gasteiger partial charge is 0.481 e. The van der Waals surface area contributed by atoms with Crippen molar-refractivity contribution in [3.63, 3.8) is 0 Å². The molecule has 1 N–H and O–H groups in total. The number of esters is 1. The van der Waals surface area contributed by atoms with Gasteiger partial charge in [0.2, 0.25) is 0 Å². The summed E-state index contributed by atoms with van der Waals surface area (Å²) in [5.41, 5.74) is -0.0626. The Labute approximate surface area is 140 Å². The fraction of sp³-hybridized carbons (Fsp3) is 0.895. The molecule has 0 heterocycles. The Morgan fingerprint density at radius 1 is 1.00 bits per heavy atom. The third-order valence-corrected chi connectivity index (χ3v) is 6.25. The number of carboxylic acids is 1. The summed E-state index contributed by atoms with van der Waals surface area (Å²) in [4.78, 5) is 24.2. The van der Waals surface area contributed by atoms with Crippen LogP contribution in [-0.2, 0) is 14.3 Å². The van der Waals surface area contributed by atoms with E-state index in [1.807, 2.05) is 0 Å². The second-order valence-electron chi connectivity index (χ2n) is 7.94. The van der Waals surface area contributed by atoms with Gasteiger partial charge in [-0.15, -0.1) is 0 Å². The molecule has 0 saturated heterocycles. The summed E-state index contributed by atoms with van der Waals surface area (Å²) in [6.45, 7) is 6.86. The van der Waals surface area contributed by atoms with Crippen LogP contribution in [-0.4, -0.2) is 23.7 Å². The fourth-order valence-corrected chi connectivity index (χ4v) is 4.95. The van der Waals surface area contributed by atoms with Crippen molar-refractivity contribution in [2.24, 2.45) is 29.1 Å². The van der Waals surface area contributed by atoms with Gasteiger partial charge in [-0.1, -0.05) is 52.9 Å². The molecule has 0 aliphatic heterocycles. The topological polar surface area (TPSA) is 63.6 Å². The van der Waals surface area contributed by atoms with E-state index in [0.29, 0.717) is 6.61 Å². The van der Waals surface area contributed by atoms with Crippen LogP contribution in [0.4, 0.5) is 0 Å². The van der Waals surface area contributed by atoms with Gasteiger partial charge in [-0.2, -0.15) is 0 Å². The van der Waals surface area contributed by atoms with Crippen LogP contribution in [0, 0.1) is 29.1 Å². The molecule has 132 valence electrons. The molecule has 2 fully saturated rings. The van der Waals surface area contributed by atoms with Crippen LogP contribution in [0.25, 0.3) is 0 Å². The fourth-order valence-electron chi connectivity index (χ4n) is 4.95. The third kappa shape index (κ3) is 3.72. The number of rotatable bonds is 9. The van der Waals surface area contributed by atoms with Crippen molar-refractivity contribution < 1.29 is 19.4 Å². The van der Waals surface area contributed by atoms with E-state index in [2.05, 4.69) is 20.8 Å². The highest BCUT2D eigenvalue weighted by Gasteiger charge is 2.64. The van der Waals surface area contributed by atoms with Crippen molar-refractivity contribution >= 4 is 11.9 Å². The van der Waals surface area contributed by atoms with Gasteiger partial charge in [-0.25, -0.2) is 0 Å².